The van der Waals surface area contributed by atoms with Crippen LogP contribution in [0.25, 0.3) is 0 Å². The van der Waals surface area contributed by atoms with Gasteiger partial charge in [-0.05, 0) is 19.1 Å². The Bertz CT molecular complexity index is 371. The second-order valence-electron chi connectivity index (χ2n) is 3.12. The summed E-state index contributed by atoms with van der Waals surface area (Å²) in [7, 11) is 0. The summed E-state index contributed by atoms with van der Waals surface area (Å²) in [5.74, 6) is -0.0111. The molecule has 1 aromatic rings. The maximum Gasteiger partial charge on any atom is 0.191 e. The Balaban J connectivity index is 2.96. The fourth-order valence-electron chi connectivity index (χ4n) is 1.11. The van der Waals surface area contributed by atoms with E-state index in [0.717, 1.165) is 12.0 Å². The number of aliphatic imine (C=N–C) groups is 1. The average Bonchev–Trinajstić information content (AvgIpc) is 2.20. The number of benzene rings is 1. The summed E-state index contributed by atoms with van der Waals surface area (Å²) >= 11 is 0. The van der Waals surface area contributed by atoms with Crippen molar-refractivity contribution in [3.05, 3.63) is 24.3 Å². The highest BCUT2D eigenvalue weighted by molar-refractivity contribution is 5.82. The molecule has 0 saturated carbocycles. The summed E-state index contributed by atoms with van der Waals surface area (Å²) in [6, 6.07) is 6.95. The lowest BCUT2D eigenvalue weighted by Crippen LogP contribution is -2.22. The van der Waals surface area contributed by atoms with Crippen LogP contribution in [-0.2, 0) is 4.79 Å². The van der Waals surface area contributed by atoms with E-state index in [2.05, 4.69) is 10.3 Å². The lowest BCUT2D eigenvalue weighted by molar-refractivity contribution is -0.108. The molecule has 0 aromatic heterocycles. The van der Waals surface area contributed by atoms with Crippen LogP contribution in [0.5, 0.6) is 0 Å². The summed E-state index contributed by atoms with van der Waals surface area (Å²) in [4.78, 5) is 14.4. The van der Waals surface area contributed by atoms with Crippen molar-refractivity contribution in [1.29, 1.82) is 0 Å². The largest absolute Gasteiger partial charge is 0.374 e. The summed E-state index contributed by atoms with van der Waals surface area (Å²) in [6.45, 7) is 1.75. The second-order valence-corrected chi connectivity index (χ2v) is 3.12. The zero-order valence-corrected chi connectivity index (χ0v) is 8.47. The fraction of sp³-hybridized carbons (Fsp3) is 0.200. The summed E-state index contributed by atoms with van der Waals surface area (Å²) in [6.07, 6.45) is 0.812. The summed E-state index contributed by atoms with van der Waals surface area (Å²) < 4.78 is 0. The molecule has 0 saturated heterocycles. The number of guanidine groups is 1. The summed E-state index contributed by atoms with van der Waals surface area (Å²) in [5, 5.41) is 2.98. The molecule has 0 aliphatic heterocycles. The number of hydrogen-bond acceptors (Lipinski definition) is 3. The highest BCUT2D eigenvalue weighted by Gasteiger charge is 2.03. The van der Waals surface area contributed by atoms with Crippen molar-refractivity contribution in [2.45, 2.75) is 13.0 Å². The molecule has 0 aliphatic rings. The topological polar surface area (TPSA) is 93.5 Å². The maximum absolute atomic E-state index is 10.5. The number of aldehydes is 1. The molecule has 0 heterocycles. The summed E-state index contributed by atoms with van der Waals surface area (Å²) in [5.41, 5.74) is 11.9. The first-order chi connectivity index (χ1) is 7.13. The third-order valence-electron chi connectivity index (χ3n) is 1.74. The third-order valence-corrected chi connectivity index (χ3v) is 1.74. The van der Waals surface area contributed by atoms with Crippen LogP contribution in [0.1, 0.15) is 6.92 Å². The van der Waals surface area contributed by atoms with Crippen LogP contribution in [0.2, 0.25) is 0 Å². The van der Waals surface area contributed by atoms with Gasteiger partial charge in [-0.2, -0.15) is 0 Å². The van der Waals surface area contributed by atoms with E-state index in [0.29, 0.717) is 5.69 Å². The molecule has 0 unspecified atom stereocenters. The van der Waals surface area contributed by atoms with E-state index in [4.69, 9.17) is 11.5 Å². The van der Waals surface area contributed by atoms with E-state index in [1.54, 1.807) is 13.0 Å². The molecular formula is C10H14N4O. The minimum Gasteiger partial charge on any atom is -0.374 e. The molecule has 15 heavy (non-hydrogen) atoms. The Hall–Kier alpha value is -2.04. The van der Waals surface area contributed by atoms with Gasteiger partial charge in [0.1, 0.15) is 6.29 Å². The minimum atomic E-state index is -0.277. The van der Waals surface area contributed by atoms with Crippen LogP contribution in [0, 0.1) is 0 Å². The first-order valence-corrected chi connectivity index (χ1v) is 4.54. The van der Waals surface area contributed by atoms with Gasteiger partial charge in [-0.15, -0.1) is 0 Å². The molecule has 0 bridgehead atoms. The lowest BCUT2D eigenvalue weighted by atomic mass is 10.2. The van der Waals surface area contributed by atoms with Gasteiger partial charge in [0.15, 0.2) is 5.96 Å². The molecule has 0 aliphatic carbocycles. The first kappa shape index (κ1) is 11.0. The van der Waals surface area contributed by atoms with E-state index in [9.17, 15) is 4.79 Å². The van der Waals surface area contributed by atoms with Crippen LogP contribution in [0.4, 0.5) is 11.4 Å². The van der Waals surface area contributed by atoms with E-state index in [1.165, 1.54) is 0 Å². The first-order valence-electron chi connectivity index (χ1n) is 4.54. The van der Waals surface area contributed by atoms with Gasteiger partial charge in [-0.3, -0.25) is 0 Å². The highest BCUT2D eigenvalue weighted by atomic mass is 16.1. The highest BCUT2D eigenvalue weighted by Crippen LogP contribution is 2.24. The van der Waals surface area contributed by atoms with Crippen molar-refractivity contribution in [3.8, 4) is 0 Å². The number of rotatable bonds is 4. The molecule has 5 nitrogen and oxygen atoms in total. The van der Waals surface area contributed by atoms with Gasteiger partial charge < -0.3 is 21.6 Å². The predicted molar refractivity (Wildman–Crippen MR) is 61.1 cm³/mol. The van der Waals surface area contributed by atoms with Crippen molar-refractivity contribution in [1.82, 2.24) is 0 Å². The lowest BCUT2D eigenvalue weighted by Gasteiger charge is -2.11. The van der Waals surface area contributed by atoms with E-state index >= 15 is 0 Å². The molecule has 5 N–H and O–H groups in total. The Kier molecular flexibility index (Phi) is 3.68. The van der Waals surface area contributed by atoms with Gasteiger partial charge >= 0.3 is 0 Å². The molecule has 1 rings (SSSR count). The van der Waals surface area contributed by atoms with Crippen molar-refractivity contribution in [2.24, 2.45) is 16.5 Å². The van der Waals surface area contributed by atoms with Crippen molar-refractivity contribution < 1.29 is 4.79 Å². The Morgan fingerprint density at radius 2 is 2.13 bits per heavy atom. The van der Waals surface area contributed by atoms with Gasteiger partial charge in [0.05, 0.1) is 17.4 Å². The molecule has 5 heteroatoms. The number of carbonyl (C=O) groups is 1. The van der Waals surface area contributed by atoms with Crippen molar-refractivity contribution >= 4 is 23.6 Å². The molecular weight excluding hydrogens is 192 g/mol. The molecule has 1 atom stereocenters. The SMILES string of the molecule is C[C@@H](C=O)Nc1ccccc1N=C(N)N. The molecule has 0 fully saturated rings. The predicted octanol–water partition coefficient (Wildman–Crippen LogP) is 0.591. The minimum absolute atomic E-state index is 0.0111. The molecule has 0 spiro atoms. The zero-order chi connectivity index (χ0) is 11.3. The van der Waals surface area contributed by atoms with Gasteiger partial charge in [0.2, 0.25) is 0 Å². The number of nitrogens with zero attached hydrogens (tertiary/aromatic N) is 1. The average molecular weight is 206 g/mol. The van der Waals surface area contributed by atoms with Crippen LogP contribution in [0.3, 0.4) is 0 Å². The number of nitrogens with one attached hydrogen (secondary N) is 1. The monoisotopic (exact) mass is 206 g/mol. The number of anilines is 1. The number of para-hydroxylation sites is 2. The Morgan fingerprint density at radius 3 is 2.73 bits per heavy atom. The zero-order valence-electron chi connectivity index (χ0n) is 8.47. The third kappa shape index (κ3) is 3.30. The molecule has 80 valence electrons. The van der Waals surface area contributed by atoms with Gasteiger partial charge in [0, 0.05) is 0 Å². The van der Waals surface area contributed by atoms with Gasteiger partial charge in [-0.1, -0.05) is 12.1 Å². The number of nitrogens with two attached hydrogens (primary N) is 2. The molecule has 0 amide bonds. The normalized spacial score (nSPS) is 11.5. The van der Waals surface area contributed by atoms with Gasteiger partial charge in [0.25, 0.3) is 0 Å². The second kappa shape index (κ2) is 4.99. The van der Waals surface area contributed by atoms with Crippen LogP contribution in [-0.4, -0.2) is 18.3 Å². The van der Waals surface area contributed by atoms with Crippen LogP contribution in [0.15, 0.2) is 29.3 Å². The maximum atomic E-state index is 10.5. The number of hydrogen-bond donors (Lipinski definition) is 3. The Labute approximate surface area is 88.2 Å². The van der Waals surface area contributed by atoms with Gasteiger partial charge in [-0.25, -0.2) is 4.99 Å². The van der Waals surface area contributed by atoms with E-state index < -0.39 is 0 Å². The van der Waals surface area contributed by atoms with Crippen molar-refractivity contribution in [3.63, 3.8) is 0 Å². The smallest absolute Gasteiger partial charge is 0.191 e. The quantitative estimate of drug-likeness (QED) is 0.382. The molecule has 1 aromatic carbocycles. The van der Waals surface area contributed by atoms with E-state index in [-0.39, 0.29) is 12.0 Å². The standard InChI is InChI=1S/C10H14N4O/c1-7(6-15)13-8-4-2-3-5-9(8)14-10(11)12/h2-7,13H,1H3,(H4,11,12,14)/t7-/m0/s1. The Morgan fingerprint density at radius 1 is 1.47 bits per heavy atom. The van der Waals surface area contributed by atoms with Crippen molar-refractivity contribution in [2.75, 3.05) is 5.32 Å². The van der Waals surface area contributed by atoms with Crippen LogP contribution >= 0.6 is 0 Å². The number of carbonyl (C=O) groups excluding carboxylic acids is 1. The van der Waals surface area contributed by atoms with Crippen LogP contribution < -0.4 is 16.8 Å². The van der Waals surface area contributed by atoms with E-state index in [1.807, 2.05) is 18.2 Å². The molecule has 0 radical (unpaired) electrons. The fourth-order valence-corrected chi connectivity index (χ4v) is 1.11.